The van der Waals surface area contributed by atoms with Crippen LogP contribution in [0, 0.1) is 5.92 Å². The lowest BCUT2D eigenvalue weighted by atomic mass is 10.1. The summed E-state index contributed by atoms with van der Waals surface area (Å²) in [5.74, 6) is 1.87. The van der Waals surface area contributed by atoms with E-state index < -0.39 is 6.04 Å². The van der Waals surface area contributed by atoms with Crippen molar-refractivity contribution in [2.75, 3.05) is 18.1 Å². The highest BCUT2D eigenvalue weighted by atomic mass is 35.5. The highest BCUT2D eigenvalue weighted by molar-refractivity contribution is 7.99. The average Bonchev–Trinajstić information content (AvgIpc) is 2.36. The normalized spacial score (nSPS) is 17.5. The summed E-state index contributed by atoms with van der Waals surface area (Å²) in [6.07, 6.45) is 2.02. The zero-order valence-electron chi connectivity index (χ0n) is 11.5. The van der Waals surface area contributed by atoms with Crippen molar-refractivity contribution in [2.45, 2.75) is 38.8 Å². The van der Waals surface area contributed by atoms with Gasteiger partial charge in [-0.15, -0.1) is 12.4 Å². The van der Waals surface area contributed by atoms with Crippen molar-refractivity contribution < 1.29 is 9.59 Å². The van der Waals surface area contributed by atoms with Crippen molar-refractivity contribution in [3.63, 3.8) is 0 Å². The summed E-state index contributed by atoms with van der Waals surface area (Å²) in [6.45, 7) is 3.77. The first-order valence-corrected chi connectivity index (χ1v) is 7.56. The van der Waals surface area contributed by atoms with Gasteiger partial charge in [0.15, 0.2) is 0 Å². The largest absolute Gasteiger partial charge is 0.352 e. The zero-order chi connectivity index (χ0) is 13.5. The Balaban J connectivity index is 0.00000324. The van der Waals surface area contributed by atoms with Crippen LogP contribution in [0.3, 0.4) is 0 Å². The van der Waals surface area contributed by atoms with Gasteiger partial charge >= 0.3 is 0 Å². The fraction of sp³-hybridized carbons (Fsp3) is 0.833. The van der Waals surface area contributed by atoms with Crippen LogP contribution in [0.25, 0.3) is 0 Å². The fourth-order valence-electron chi connectivity index (χ4n) is 1.71. The Morgan fingerprint density at radius 3 is 2.42 bits per heavy atom. The van der Waals surface area contributed by atoms with Crippen LogP contribution in [0.15, 0.2) is 0 Å². The van der Waals surface area contributed by atoms with E-state index in [2.05, 4.69) is 10.6 Å². The minimum atomic E-state index is -0.552. The van der Waals surface area contributed by atoms with E-state index in [4.69, 9.17) is 5.73 Å². The zero-order valence-corrected chi connectivity index (χ0v) is 13.1. The molecule has 0 aromatic heterocycles. The summed E-state index contributed by atoms with van der Waals surface area (Å²) in [5, 5.41) is 5.51. The number of nitrogens with two attached hydrogens (primary N) is 1. The lowest BCUT2D eigenvalue weighted by Gasteiger charge is -2.23. The minimum absolute atomic E-state index is 0. The summed E-state index contributed by atoms with van der Waals surface area (Å²) in [4.78, 5) is 23.2. The van der Waals surface area contributed by atoms with Crippen LogP contribution in [-0.4, -0.2) is 41.9 Å². The summed E-state index contributed by atoms with van der Waals surface area (Å²) >= 11 is 1.91. The van der Waals surface area contributed by atoms with Crippen LogP contribution < -0.4 is 16.4 Å². The number of thioether (sulfide) groups is 1. The molecule has 1 fully saturated rings. The van der Waals surface area contributed by atoms with Gasteiger partial charge in [0.2, 0.25) is 11.8 Å². The molecule has 5 nitrogen and oxygen atoms in total. The van der Waals surface area contributed by atoms with Crippen molar-refractivity contribution in [2.24, 2.45) is 11.7 Å². The molecule has 0 aromatic carbocycles. The molecule has 0 bridgehead atoms. The number of rotatable bonds is 5. The topological polar surface area (TPSA) is 84.2 Å². The highest BCUT2D eigenvalue weighted by Crippen LogP contribution is 2.16. The molecule has 0 aromatic rings. The van der Waals surface area contributed by atoms with Gasteiger partial charge in [0.25, 0.3) is 0 Å². The van der Waals surface area contributed by atoms with Gasteiger partial charge in [-0.2, -0.15) is 11.8 Å². The lowest BCUT2D eigenvalue weighted by Crippen LogP contribution is -2.48. The molecule has 4 N–H and O–H groups in total. The first-order valence-electron chi connectivity index (χ1n) is 6.41. The molecule has 0 spiro atoms. The van der Waals surface area contributed by atoms with E-state index in [-0.39, 0.29) is 42.7 Å². The number of nitrogens with one attached hydrogen (secondary N) is 2. The third-order valence-corrected chi connectivity index (χ3v) is 4.08. The Morgan fingerprint density at radius 2 is 1.89 bits per heavy atom. The standard InChI is InChI=1S/C12H23N3O2S.ClH/c1-8(2)11(13)12(17)14-7-10(16)15-9-3-5-18-6-4-9;/h8-9,11H,3-7,13H2,1-2H3,(H,14,17)(H,15,16);1H/t11-;/m0./s1. The second kappa shape index (κ2) is 9.44. The Kier molecular flexibility index (Phi) is 9.22. The highest BCUT2D eigenvalue weighted by Gasteiger charge is 2.19. The van der Waals surface area contributed by atoms with Crippen molar-refractivity contribution in [3.05, 3.63) is 0 Å². The van der Waals surface area contributed by atoms with Gasteiger partial charge in [-0.05, 0) is 30.3 Å². The van der Waals surface area contributed by atoms with Crippen LogP contribution in [0.2, 0.25) is 0 Å². The summed E-state index contributed by atoms with van der Waals surface area (Å²) in [5.41, 5.74) is 5.68. The van der Waals surface area contributed by atoms with Crippen LogP contribution >= 0.6 is 24.2 Å². The van der Waals surface area contributed by atoms with E-state index in [1.165, 1.54) is 0 Å². The first kappa shape index (κ1) is 18.5. The van der Waals surface area contributed by atoms with Gasteiger partial charge in [-0.3, -0.25) is 9.59 Å². The van der Waals surface area contributed by atoms with E-state index in [9.17, 15) is 9.59 Å². The summed E-state index contributed by atoms with van der Waals surface area (Å²) in [7, 11) is 0. The predicted octanol–water partition coefficient (Wildman–Crippen LogP) is 0.520. The van der Waals surface area contributed by atoms with Crippen molar-refractivity contribution in [1.82, 2.24) is 10.6 Å². The number of amides is 2. The molecular weight excluding hydrogens is 286 g/mol. The monoisotopic (exact) mass is 309 g/mol. The van der Waals surface area contributed by atoms with Crippen LogP contribution in [0.1, 0.15) is 26.7 Å². The molecule has 1 saturated heterocycles. The molecule has 0 saturated carbocycles. The molecule has 112 valence electrons. The number of hydrogen-bond acceptors (Lipinski definition) is 4. The molecule has 1 aliphatic heterocycles. The number of carbonyl (C=O) groups excluding carboxylic acids is 2. The van der Waals surface area contributed by atoms with Crippen LogP contribution in [-0.2, 0) is 9.59 Å². The van der Waals surface area contributed by atoms with E-state index in [0.717, 1.165) is 24.3 Å². The van der Waals surface area contributed by atoms with Gasteiger partial charge in [-0.1, -0.05) is 13.8 Å². The molecule has 2 amide bonds. The second-order valence-corrected chi connectivity index (χ2v) is 6.17. The Hall–Kier alpha value is -0.460. The van der Waals surface area contributed by atoms with Crippen LogP contribution in [0.4, 0.5) is 0 Å². The Bertz CT molecular complexity index is 297. The van der Waals surface area contributed by atoms with Gasteiger partial charge in [0.05, 0.1) is 12.6 Å². The smallest absolute Gasteiger partial charge is 0.239 e. The maximum atomic E-state index is 11.6. The Labute approximate surface area is 125 Å². The molecule has 0 radical (unpaired) electrons. The summed E-state index contributed by atoms with van der Waals surface area (Å²) < 4.78 is 0. The number of carbonyl (C=O) groups is 2. The van der Waals surface area contributed by atoms with E-state index in [1.807, 2.05) is 25.6 Å². The first-order chi connectivity index (χ1) is 8.50. The molecule has 7 heteroatoms. The molecule has 19 heavy (non-hydrogen) atoms. The van der Waals surface area contributed by atoms with E-state index in [0.29, 0.717) is 0 Å². The number of halogens is 1. The number of hydrogen-bond donors (Lipinski definition) is 3. The van der Waals surface area contributed by atoms with E-state index in [1.54, 1.807) is 0 Å². The molecule has 1 rings (SSSR count). The third kappa shape index (κ3) is 7.03. The minimum Gasteiger partial charge on any atom is -0.352 e. The SMILES string of the molecule is CC(C)[C@H](N)C(=O)NCC(=O)NC1CCSCC1.Cl. The van der Waals surface area contributed by atoms with Gasteiger partial charge in [0.1, 0.15) is 0 Å². The molecule has 0 aliphatic carbocycles. The molecular formula is C12H24ClN3O2S. The average molecular weight is 310 g/mol. The molecule has 1 heterocycles. The fourth-order valence-corrected chi connectivity index (χ4v) is 2.82. The summed E-state index contributed by atoms with van der Waals surface area (Å²) in [6, 6.07) is -0.293. The maximum Gasteiger partial charge on any atom is 0.239 e. The molecule has 0 unspecified atom stereocenters. The Morgan fingerprint density at radius 1 is 1.32 bits per heavy atom. The van der Waals surface area contributed by atoms with Crippen LogP contribution in [0.5, 0.6) is 0 Å². The van der Waals surface area contributed by atoms with Crippen molar-refractivity contribution in [1.29, 1.82) is 0 Å². The third-order valence-electron chi connectivity index (χ3n) is 3.03. The van der Waals surface area contributed by atoms with Gasteiger partial charge in [0, 0.05) is 6.04 Å². The van der Waals surface area contributed by atoms with Crippen molar-refractivity contribution >= 4 is 36.0 Å². The second-order valence-electron chi connectivity index (χ2n) is 4.94. The van der Waals surface area contributed by atoms with Gasteiger partial charge in [-0.25, -0.2) is 0 Å². The maximum absolute atomic E-state index is 11.6. The van der Waals surface area contributed by atoms with E-state index >= 15 is 0 Å². The van der Waals surface area contributed by atoms with Gasteiger partial charge < -0.3 is 16.4 Å². The quantitative estimate of drug-likeness (QED) is 0.691. The molecule has 1 aliphatic rings. The lowest BCUT2D eigenvalue weighted by molar-refractivity contribution is -0.127. The molecule has 1 atom stereocenters. The predicted molar refractivity (Wildman–Crippen MR) is 81.6 cm³/mol. The van der Waals surface area contributed by atoms with Crippen molar-refractivity contribution in [3.8, 4) is 0 Å².